The number of nitrogen functional groups attached to an aromatic ring is 1. The molecule has 1 aliphatic rings. The van der Waals surface area contributed by atoms with Crippen LogP contribution in [0.2, 0.25) is 0 Å². The molecule has 0 spiro atoms. The molecule has 6 heteroatoms. The Hall–Kier alpha value is -1.69. The number of nitrogens with one attached hydrogen (secondary N) is 1. The molecule has 104 valence electrons. The Bertz CT molecular complexity index is 448. The number of hydrogen-bond acceptors (Lipinski definition) is 3. The second kappa shape index (κ2) is 5.97. The average molecular weight is 269 g/mol. The van der Waals surface area contributed by atoms with E-state index in [9.17, 15) is 13.6 Å². The predicted octanol–water partition coefficient (Wildman–Crippen LogP) is 2.27. The normalized spacial score (nSPS) is 16.1. The van der Waals surface area contributed by atoms with E-state index in [0.717, 1.165) is 37.8 Å². The summed E-state index contributed by atoms with van der Waals surface area (Å²) in [6.07, 6.45) is 4.03. The fourth-order valence-electron chi connectivity index (χ4n) is 2.29. The standard InChI is InChI=1S/C13H17F2N3O/c14-10-7-9(8-11(15)12(10)17-16)13(19)18-5-3-1-2-4-6-18/h7-8,17H,1-6,16H2. The van der Waals surface area contributed by atoms with Gasteiger partial charge in [0.2, 0.25) is 0 Å². The number of nitrogens with zero attached hydrogens (tertiary/aromatic N) is 1. The summed E-state index contributed by atoms with van der Waals surface area (Å²) in [5.74, 6) is 2.96. The van der Waals surface area contributed by atoms with E-state index in [1.807, 2.05) is 5.43 Å². The second-order valence-electron chi connectivity index (χ2n) is 4.67. The minimum atomic E-state index is -0.860. The van der Waals surface area contributed by atoms with Gasteiger partial charge in [0.25, 0.3) is 5.91 Å². The van der Waals surface area contributed by atoms with E-state index >= 15 is 0 Å². The van der Waals surface area contributed by atoms with Gasteiger partial charge in [0.1, 0.15) is 5.69 Å². The number of anilines is 1. The number of carbonyl (C=O) groups excluding carboxylic acids is 1. The third-order valence-corrected chi connectivity index (χ3v) is 3.33. The fourth-order valence-corrected chi connectivity index (χ4v) is 2.29. The van der Waals surface area contributed by atoms with Crippen LogP contribution in [-0.2, 0) is 0 Å². The van der Waals surface area contributed by atoms with Gasteiger partial charge in [-0.2, -0.15) is 0 Å². The fraction of sp³-hybridized carbons (Fsp3) is 0.462. The molecule has 1 fully saturated rings. The molecule has 3 N–H and O–H groups in total. The van der Waals surface area contributed by atoms with Gasteiger partial charge in [-0.1, -0.05) is 12.8 Å². The summed E-state index contributed by atoms with van der Waals surface area (Å²) in [6, 6.07) is 2.04. The highest BCUT2D eigenvalue weighted by molar-refractivity contribution is 5.94. The van der Waals surface area contributed by atoms with Crippen molar-refractivity contribution >= 4 is 11.6 Å². The number of carbonyl (C=O) groups is 1. The molecule has 2 rings (SSSR count). The van der Waals surface area contributed by atoms with Crippen molar-refractivity contribution in [3.8, 4) is 0 Å². The molecule has 4 nitrogen and oxygen atoms in total. The van der Waals surface area contributed by atoms with Gasteiger partial charge in [-0.05, 0) is 25.0 Å². The van der Waals surface area contributed by atoms with Gasteiger partial charge >= 0.3 is 0 Å². The highest BCUT2D eigenvalue weighted by Gasteiger charge is 2.20. The lowest BCUT2D eigenvalue weighted by Gasteiger charge is -2.20. The van der Waals surface area contributed by atoms with Crippen LogP contribution in [0.5, 0.6) is 0 Å². The van der Waals surface area contributed by atoms with Crippen molar-refractivity contribution in [2.24, 2.45) is 5.84 Å². The molecule has 1 amide bonds. The van der Waals surface area contributed by atoms with Gasteiger partial charge in [0.15, 0.2) is 11.6 Å². The number of hydrogen-bond donors (Lipinski definition) is 2. The van der Waals surface area contributed by atoms with Crippen molar-refractivity contribution in [1.82, 2.24) is 4.90 Å². The molecule has 0 radical (unpaired) electrons. The number of rotatable bonds is 2. The van der Waals surface area contributed by atoms with Gasteiger partial charge in [-0.15, -0.1) is 0 Å². The predicted molar refractivity (Wildman–Crippen MR) is 68.5 cm³/mol. The lowest BCUT2D eigenvalue weighted by Crippen LogP contribution is -2.32. The first kappa shape index (κ1) is 13.7. The van der Waals surface area contributed by atoms with Gasteiger partial charge in [-0.25, -0.2) is 8.78 Å². The lowest BCUT2D eigenvalue weighted by atomic mass is 10.1. The number of amides is 1. The van der Waals surface area contributed by atoms with E-state index in [0.29, 0.717) is 13.1 Å². The van der Waals surface area contributed by atoms with E-state index in [4.69, 9.17) is 5.84 Å². The molecule has 0 saturated carbocycles. The molecule has 1 heterocycles. The summed E-state index contributed by atoms with van der Waals surface area (Å²) in [5.41, 5.74) is 1.54. The minimum absolute atomic E-state index is 0.0240. The summed E-state index contributed by atoms with van der Waals surface area (Å²) in [5, 5.41) is 0. The van der Waals surface area contributed by atoms with Crippen LogP contribution in [0.1, 0.15) is 36.0 Å². The van der Waals surface area contributed by atoms with Crippen LogP contribution >= 0.6 is 0 Å². The molecule has 1 aromatic carbocycles. The van der Waals surface area contributed by atoms with Crippen molar-refractivity contribution < 1.29 is 13.6 Å². The minimum Gasteiger partial charge on any atom is -0.339 e. The Morgan fingerprint density at radius 1 is 1.11 bits per heavy atom. The zero-order valence-electron chi connectivity index (χ0n) is 10.6. The Kier molecular flexibility index (Phi) is 4.31. The summed E-state index contributed by atoms with van der Waals surface area (Å²) in [6.45, 7) is 1.28. The van der Waals surface area contributed by atoms with Crippen LogP contribution in [0.4, 0.5) is 14.5 Å². The van der Waals surface area contributed by atoms with E-state index in [1.165, 1.54) is 0 Å². The zero-order chi connectivity index (χ0) is 13.8. The maximum atomic E-state index is 13.6. The first-order valence-electron chi connectivity index (χ1n) is 6.38. The second-order valence-corrected chi connectivity index (χ2v) is 4.67. The molecule has 19 heavy (non-hydrogen) atoms. The van der Waals surface area contributed by atoms with Gasteiger partial charge < -0.3 is 10.3 Å². The topological polar surface area (TPSA) is 58.4 Å². The van der Waals surface area contributed by atoms with Crippen LogP contribution in [0.3, 0.4) is 0 Å². The first-order chi connectivity index (χ1) is 9.13. The quantitative estimate of drug-likeness (QED) is 0.639. The smallest absolute Gasteiger partial charge is 0.254 e. The highest BCUT2D eigenvalue weighted by Crippen LogP contribution is 2.21. The molecule has 1 aliphatic heterocycles. The van der Waals surface area contributed by atoms with Gasteiger partial charge in [0, 0.05) is 18.7 Å². The van der Waals surface area contributed by atoms with E-state index in [-0.39, 0.29) is 11.5 Å². The average Bonchev–Trinajstić information content (AvgIpc) is 2.66. The van der Waals surface area contributed by atoms with Crippen LogP contribution in [-0.4, -0.2) is 23.9 Å². The third kappa shape index (κ3) is 3.01. The molecule has 0 unspecified atom stereocenters. The first-order valence-corrected chi connectivity index (χ1v) is 6.38. The van der Waals surface area contributed by atoms with Crippen LogP contribution in [0.25, 0.3) is 0 Å². The van der Waals surface area contributed by atoms with E-state index in [2.05, 4.69) is 0 Å². The summed E-state index contributed by atoms with van der Waals surface area (Å²) < 4.78 is 27.1. The Labute approximate surface area is 110 Å². The molecule has 0 bridgehead atoms. The Balaban J connectivity index is 2.23. The van der Waals surface area contributed by atoms with Crippen LogP contribution in [0.15, 0.2) is 12.1 Å². The molecule has 0 atom stereocenters. The van der Waals surface area contributed by atoms with Crippen molar-refractivity contribution in [2.45, 2.75) is 25.7 Å². The van der Waals surface area contributed by atoms with Gasteiger partial charge in [0.05, 0.1) is 0 Å². The third-order valence-electron chi connectivity index (χ3n) is 3.33. The SMILES string of the molecule is NNc1c(F)cc(C(=O)N2CCCCCC2)cc1F. The lowest BCUT2D eigenvalue weighted by molar-refractivity contribution is 0.0760. The van der Waals surface area contributed by atoms with Gasteiger partial charge in [-0.3, -0.25) is 10.6 Å². The van der Waals surface area contributed by atoms with Crippen LogP contribution < -0.4 is 11.3 Å². The monoisotopic (exact) mass is 269 g/mol. The molecular formula is C13H17F2N3O. The summed E-state index contributed by atoms with van der Waals surface area (Å²) in [4.78, 5) is 13.8. The largest absolute Gasteiger partial charge is 0.339 e. The molecule has 1 aromatic rings. The van der Waals surface area contributed by atoms with Crippen molar-refractivity contribution in [3.63, 3.8) is 0 Å². The molecule has 0 aliphatic carbocycles. The maximum absolute atomic E-state index is 13.6. The Morgan fingerprint density at radius 3 is 2.11 bits per heavy atom. The maximum Gasteiger partial charge on any atom is 0.254 e. The number of nitrogens with two attached hydrogens (primary N) is 1. The Morgan fingerprint density at radius 2 is 1.63 bits per heavy atom. The molecule has 0 aromatic heterocycles. The number of hydrazine groups is 1. The van der Waals surface area contributed by atoms with Crippen LogP contribution in [0, 0.1) is 11.6 Å². The van der Waals surface area contributed by atoms with Crippen molar-refractivity contribution in [1.29, 1.82) is 0 Å². The summed E-state index contributed by atoms with van der Waals surface area (Å²) in [7, 11) is 0. The highest BCUT2D eigenvalue weighted by atomic mass is 19.1. The zero-order valence-corrected chi connectivity index (χ0v) is 10.6. The van der Waals surface area contributed by atoms with E-state index < -0.39 is 17.3 Å². The van der Waals surface area contributed by atoms with Crippen molar-refractivity contribution in [2.75, 3.05) is 18.5 Å². The summed E-state index contributed by atoms with van der Waals surface area (Å²) >= 11 is 0. The van der Waals surface area contributed by atoms with Crippen molar-refractivity contribution in [3.05, 3.63) is 29.3 Å². The molecular weight excluding hydrogens is 252 g/mol. The van der Waals surface area contributed by atoms with E-state index in [1.54, 1.807) is 4.90 Å². The molecule has 1 saturated heterocycles. The number of halogens is 2. The number of likely N-dealkylation sites (tertiary alicyclic amines) is 1. The number of benzene rings is 1.